The van der Waals surface area contributed by atoms with Crippen molar-refractivity contribution in [1.82, 2.24) is 0 Å². The minimum Gasteiger partial charge on any atom is -0.311 e. The van der Waals surface area contributed by atoms with Crippen molar-refractivity contribution in [3.8, 4) is 0 Å². The van der Waals surface area contributed by atoms with Crippen LogP contribution in [-0.4, -0.2) is 21.5 Å². The summed E-state index contributed by atoms with van der Waals surface area (Å²) in [5, 5.41) is 5.83. The zero-order chi connectivity index (χ0) is 43.0. The molecule has 0 N–H and O–H groups in total. The van der Waals surface area contributed by atoms with Gasteiger partial charge in [0.1, 0.15) is 0 Å². The van der Waals surface area contributed by atoms with Crippen molar-refractivity contribution in [2.24, 2.45) is 0 Å². The molecule has 3 aliphatic heterocycles. The summed E-state index contributed by atoms with van der Waals surface area (Å²) in [6.45, 7) is 0.130. The Balaban J connectivity index is 1.08. The lowest BCUT2D eigenvalue weighted by atomic mass is 9.26. The molecule has 0 bridgehead atoms. The van der Waals surface area contributed by atoms with Gasteiger partial charge in [-0.2, -0.15) is 0 Å². The summed E-state index contributed by atoms with van der Waals surface area (Å²) in [6, 6.07) is 98.8. The Morgan fingerprint density at radius 3 is 1.20 bits per heavy atom. The van der Waals surface area contributed by atoms with Crippen LogP contribution in [0.15, 0.2) is 261 Å². The largest absolute Gasteiger partial charge is 0.311 e. The van der Waals surface area contributed by atoms with Crippen LogP contribution in [0.3, 0.4) is 0 Å². The van der Waals surface area contributed by atoms with Crippen LogP contribution in [0.4, 0.5) is 17.1 Å². The van der Waals surface area contributed by atoms with E-state index in [0.29, 0.717) is 0 Å². The predicted octanol–water partition coefficient (Wildman–Crippen LogP) is 6.89. The van der Waals surface area contributed by atoms with Gasteiger partial charge in [0.2, 0.25) is 13.4 Å². The standard InChI is InChI=1S/C61H43B2NSi/c1-5-22-45(23-6-1)64(46-24-7-2-8-25-46)47-42-40-44(41-43-47)62-54-34-16-13-30-50(54)61(51-31-14-17-35-55(51)62)52-32-15-18-36-56(52)63-57-37-19-20-38-58(57)65(48-26-9-3-10-27-48,49-28-11-4-12-29-49)59-39-21-33-53(61)60(59)63/h1-43H. The minimum absolute atomic E-state index is 0.0382. The van der Waals surface area contributed by atoms with Crippen LogP contribution >= 0.6 is 0 Å². The van der Waals surface area contributed by atoms with Crippen LogP contribution in [-0.2, 0) is 5.41 Å². The summed E-state index contributed by atoms with van der Waals surface area (Å²) in [4.78, 5) is 2.35. The SMILES string of the molecule is c1ccc(N(c2ccccc2)c2ccc(B3c4ccccc4C4(c5ccccc53)c3ccccc3B3c5ccccc5[Si](c5ccccc5)(c5ccccc5)c5cccc4c53)cc2)cc1. The zero-order valence-corrected chi connectivity index (χ0v) is 36.9. The van der Waals surface area contributed by atoms with E-state index in [-0.39, 0.29) is 13.4 Å². The quantitative estimate of drug-likeness (QED) is 0.165. The lowest BCUT2D eigenvalue weighted by Gasteiger charge is -2.53. The van der Waals surface area contributed by atoms with Gasteiger partial charge in [-0.25, -0.2) is 0 Å². The average molecular weight is 840 g/mol. The molecule has 302 valence electrons. The molecule has 10 aromatic rings. The molecule has 0 aromatic heterocycles. The summed E-state index contributed by atoms with van der Waals surface area (Å²) < 4.78 is 0. The Morgan fingerprint density at radius 2 is 0.677 bits per heavy atom. The summed E-state index contributed by atoms with van der Waals surface area (Å²) in [6.07, 6.45) is 0. The third-order valence-corrected chi connectivity index (χ3v) is 19.7. The van der Waals surface area contributed by atoms with Crippen LogP contribution in [0.5, 0.6) is 0 Å². The van der Waals surface area contributed by atoms with Crippen LogP contribution < -0.4 is 58.4 Å². The molecule has 0 unspecified atom stereocenters. The highest BCUT2D eigenvalue weighted by atomic mass is 28.3. The first-order chi connectivity index (χ1) is 32.3. The van der Waals surface area contributed by atoms with Crippen molar-refractivity contribution in [1.29, 1.82) is 0 Å². The molecule has 1 spiro atoms. The third-order valence-electron chi connectivity index (χ3n) is 14.8. The van der Waals surface area contributed by atoms with E-state index in [4.69, 9.17) is 0 Å². The Bertz CT molecular complexity index is 3270. The van der Waals surface area contributed by atoms with E-state index in [9.17, 15) is 0 Å². The maximum atomic E-state index is 2.51. The Morgan fingerprint density at radius 1 is 0.292 bits per heavy atom. The zero-order valence-electron chi connectivity index (χ0n) is 35.9. The fourth-order valence-corrected chi connectivity index (χ4v) is 17.8. The van der Waals surface area contributed by atoms with Gasteiger partial charge in [-0.05, 0) is 79.4 Å². The fraction of sp³-hybridized carbons (Fsp3) is 0.0164. The van der Waals surface area contributed by atoms with E-state index < -0.39 is 13.5 Å². The first-order valence-electron chi connectivity index (χ1n) is 22.9. The molecule has 0 fully saturated rings. The molecular weight excluding hydrogens is 796 g/mol. The maximum absolute atomic E-state index is 2.85. The van der Waals surface area contributed by atoms with E-state index in [1.165, 1.54) is 75.8 Å². The number of anilines is 3. The predicted molar refractivity (Wildman–Crippen MR) is 279 cm³/mol. The summed E-state index contributed by atoms with van der Waals surface area (Å²) in [5.41, 5.74) is 16.7. The van der Waals surface area contributed by atoms with Gasteiger partial charge in [-0.1, -0.05) is 257 Å². The molecule has 0 amide bonds. The second-order valence-electron chi connectivity index (χ2n) is 17.8. The van der Waals surface area contributed by atoms with E-state index in [2.05, 4.69) is 266 Å². The normalized spacial score (nSPS) is 14.3. The van der Waals surface area contributed by atoms with Gasteiger partial charge >= 0.3 is 0 Å². The first-order valence-corrected chi connectivity index (χ1v) is 24.9. The molecule has 0 atom stereocenters. The van der Waals surface area contributed by atoms with Crippen molar-refractivity contribution in [2.75, 3.05) is 4.90 Å². The summed E-state index contributed by atoms with van der Waals surface area (Å²) in [7, 11) is -2.85. The summed E-state index contributed by atoms with van der Waals surface area (Å²) >= 11 is 0. The molecule has 3 heterocycles. The van der Waals surface area contributed by atoms with E-state index in [1.54, 1.807) is 0 Å². The molecule has 65 heavy (non-hydrogen) atoms. The number of hydrogen-bond donors (Lipinski definition) is 0. The van der Waals surface area contributed by atoms with Gasteiger partial charge in [0, 0.05) is 17.1 Å². The highest BCUT2D eigenvalue weighted by Crippen LogP contribution is 2.47. The first kappa shape index (κ1) is 37.9. The number of rotatable bonds is 6. The minimum atomic E-state index is -2.85. The van der Waals surface area contributed by atoms with Crippen LogP contribution in [0.2, 0.25) is 0 Å². The summed E-state index contributed by atoms with van der Waals surface area (Å²) in [5.74, 6) is 0. The number of nitrogens with zero attached hydrogens (tertiary/aromatic N) is 1. The molecule has 4 heteroatoms. The van der Waals surface area contributed by atoms with Crippen molar-refractivity contribution >= 4 is 92.1 Å². The maximum Gasteiger partial charge on any atom is 0.242 e. The number of hydrogen-bond acceptors (Lipinski definition) is 1. The van der Waals surface area contributed by atoms with E-state index >= 15 is 0 Å². The van der Waals surface area contributed by atoms with Gasteiger partial charge in [-0.3, -0.25) is 0 Å². The Labute approximate surface area is 383 Å². The van der Waals surface area contributed by atoms with Crippen molar-refractivity contribution in [3.63, 3.8) is 0 Å². The molecule has 13 rings (SSSR count). The van der Waals surface area contributed by atoms with Gasteiger partial charge in [0.25, 0.3) is 0 Å². The highest BCUT2D eigenvalue weighted by Gasteiger charge is 2.58. The fourth-order valence-electron chi connectivity index (χ4n) is 12.5. The lowest BCUT2D eigenvalue weighted by molar-refractivity contribution is 0.757. The Hall–Kier alpha value is -7.65. The van der Waals surface area contributed by atoms with Crippen LogP contribution in [0.25, 0.3) is 0 Å². The average Bonchev–Trinajstić information content (AvgIpc) is 3.39. The third kappa shape index (κ3) is 5.35. The van der Waals surface area contributed by atoms with Crippen molar-refractivity contribution in [3.05, 3.63) is 283 Å². The van der Waals surface area contributed by atoms with Gasteiger partial charge < -0.3 is 4.90 Å². The van der Waals surface area contributed by atoms with E-state index in [0.717, 1.165) is 17.1 Å². The van der Waals surface area contributed by atoms with Crippen LogP contribution in [0.1, 0.15) is 22.3 Å². The Kier molecular flexibility index (Phi) is 8.72. The number of benzene rings is 10. The molecule has 0 saturated heterocycles. The van der Waals surface area contributed by atoms with Gasteiger partial charge in [-0.15, -0.1) is 0 Å². The number of fused-ring (bicyclic) bond motifs is 10. The monoisotopic (exact) mass is 839 g/mol. The smallest absolute Gasteiger partial charge is 0.242 e. The van der Waals surface area contributed by atoms with Gasteiger partial charge in [0.05, 0.1) is 5.41 Å². The second kappa shape index (κ2) is 15.0. The van der Waals surface area contributed by atoms with E-state index in [1.807, 2.05) is 0 Å². The van der Waals surface area contributed by atoms with Crippen molar-refractivity contribution < 1.29 is 0 Å². The highest BCUT2D eigenvalue weighted by molar-refractivity contribution is 7.26. The molecule has 0 saturated carbocycles. The molecule has 0 radical (unpaired) electrons. The molecule has 0 aliphatic carbocycles. The van der Waals surface area contributed by atoms with Gasteiger partial charge in [0.15, 0.2) is 8.07 Å². The molecule has 10 aromatic carbocycles. The molecular formula is C61H43B2NSi. The second-order valence-corrected chi connectivity index (χ2v) is 21.5. The number of para-hydroxylation sites is 2. The van der Waals surface area contributed by atoms with Crippen LogP contribution in [0, 0.1) is 0 Å². The topological polar surface area (TPSA) is 3.24 Å². The lowest BCUT2D eigenvalue weighted by Crippen LogP contribution is -2.88. The molecule has 1 nitrogen and oxygen atoms in total. The van der Waals surface area contributed by atoms with Crippen molar-refractivity contribution in [2.45, 2.75) is 5.41 Å². The molecule has 3 aliphatic rings.